The van der Waals surface area contributed by atoms with E-state index in [4.69, 9.17) is 0 Å². The quantitative estimate of drug-likeness (QED) is 0.860. The molecule has 1 atom stereocenters. The maximum atomic E-state index is 12.3. The fourth-order valence-electron chi connectivity index (χ4n) is 1.93. The number of hydrogen-bond donors (Lipinski definition) is 2. The maximum Gasteiger partial charge on any atom is 0.417 e. The van der Waals surface area contributed by atoms with E-state index in [-0.39, 0.29) is 11.7 Å². The average Bonchev–Trinajstić information content (AvgIpc) is 2.39. The van der Waals surface area contributed by atoms with Crippen LogP contribution in [0.4, 0.5) is 13.2 Å². The molecule has 1 aliphatic rings. The van der Waals surface area contributed by atoms with Gasteiger partial charge < -0.3 is 10.6 Å². The van der Waals surface area contributed by atoms with Gasteiger partial charge in [0.1, 0.15) is 5.69 Å². The van der Waals surface area contributed by atoms with Gasteiger partial charge in [0.15, 0.2) is 0 Å². The molecule has 4 nitrogen and oxygen atoms in total. The maximum absolute atomic E-state index is 12.3. The Morgan fingerprint density at radius 3 is 2.74 bits per heavy atom. The summed E-state index contributed by atoms with van der Waals surface area (Å²) in [6, 6.07) is 1.96. The van der Waals surface area contributed by atoms with Crippen molar-refractivity contribution in [1.29, 1.82) is 0 Å². The van der Waals surface area contributed by atoms with E-state index in [1.807, 2.05) is 0 Å². The van der Waals surface area contributed by atoms with Gasteiger partial charge in [-0.1, -0.05) is 0 Å². The van der Waals surface area contributed by atoms with Crippen LogP contribution in [0.5, 0.6) is 0 Å². The highest BCUT2D eigenvalue weighted by Gasteiger charge is 2.31. The normalized spacial score (nSPS) is 20.1. The Bertz CT molecular complexity index is 439. The number of carbonyl (C=O) groups excluding carboxylic acids is 1. The van der Waals surface area contributed by atoms with Gasteiger partial charge in [-0.2, -0.15) is 13.2 Å². The molecule has 104 valence electrons. The fraction of sp³-hybridized carbons (Fsp3) is 0.500. The van der Waals surface area contributed by atoms with Crippen molar-refractivity contribution in [2.75, 3.05) is 13.1 Å². The van der Waals surface area contributed by atoms with E-state index >= 15 is 0 Å². The molecule has 1 unspecified atom stereocenters. The molecule has 0 saturated carbocycles. The van der Waals surface area contributed by atoms with Crippen LogP contribution in [0.3, 0.4) is 0 Å². The van der Waals surface area contributed by atoms with Crippen LogP contribution >= 0.6 is 0 Å². The van der Waals surface area contributed by atoms with Crippen LogP contribution in [-0.4, -0.2) is 30.0 Å². The second-order valence-corrected chi connectivity index (χ2v) is 4.45. The molecule has 2 rings (SSSR count). The Hall–Kier alpha value is -1.63. The molecule has 0 spiro atoms. The number of halogens is 3. The molecule has 0 aliphatic carbocycles. The fourth-order valence-corrected chi connectivity index (χ4v) is 1.93. The molecule has 0 bridgehead atoms. The van der Waals surface area contributed by atoms with Gasteiger partial charge in [-0.15, -0.1) is 0 Å². The van der Waals surface area contributed by atoms with Gasteiger partial charge >= 0.3 is 6.18 Å². The summed E-state index contributed by atoms with van der Waals surface area (Å²) >= 11 is 0. The van der Waals surface area contributed by atoms with Gasteiger partial charge in [-0.05, 0) is 31.5 Å². The number of pyridine rings is 1. The Balaban J connectivity index is 1.99. The zero-order valence-electron chi connectivity index (χ0n) is 10.1. The molecule has 1 saturated heterocycles. The van der Waals surface area contributed by atoms with Crippen molar-refractivity contribution in [2.24, 2.45) is 0 Å². The van der Waals surface area contributed by atoms with Crippen LogP contribution in [0.25, 0.3) is 0 Å². The largest absolute Gasteiger partial charge is 0.417 e. The minimum absolute atomic E-state index is 0.00132. The Morgan fingerprint density at radius 1 is 1.42 bits per heavy atom. The highest BCUT2D eigenvalue weighted by Crippen LogP contribution is 2.28. The van der Waals surface area contributed by atoms with Crippen molar-refractivity contribution in [2.45, 2.75) is 25.1 Å². The first kappa shape index (κ1) is 13.8. The van der Waals surface area contributed by atoms with Crippen molar-refractivity contribution in [3.05, 3.63) is 29.6 Å². The number of piperidine rings is 1. The summed E-state index contributed by atoms with van der Waals surface area (Å²) in [6.45, 7) is 1.59. The Kier molecular flexibility index (Phi) is 4.04. The van der Waals surface area contributed by atoms with Crippen LogP contribution < -0.4 is 10.6 Å². The third-order valence-electron chi connectivity index (χ3n) is 2.96. The zero-order valence-corrected chi connectivity index (χ0v) is 10.1. The summed E-state index contributed by atoms with van der Waals surface area (Å²) in [6.07, 6.45) is -1.94. The molecule has 1 aromatic heterocycles. The molecular formula is C12H14F3N3O. The molecular weight excluding hydrogens is 259 g/mol. The van der Waals surface area contributed by atoms with E-state index in [2.05, 4.69) is 15.6 Å². The van der Waals surface area contributed by atoms with Crippen LogP contribution in [0.15, 0.2) is 18.3 Å². The highest BCUT2D eigenvalue weighted by atomic mass is 19.4. The topological polar surface area (TPSA) is 54.0 Å². The van der Waals surface area contributed by atoms with E-state index in [9.17, 15) is 18.0 Å². The third-order valence-corrected chi connectivity index (χ3v) is 2.96. The molecule has 1 aliphatic heterocycles. The zero-order chi connectivity index (χ0) is 13.9. The lowest BCUT2D eigenvalue weighted by atomic mass is 10.1. The molecule has 1 amide bonds. The first-order valence-corrected chi connectivity index (χ1v) is 6.01. The Labute approximate surface area is 108 Å². The van der Waals surface area contributed by atoms with E-state index < -0.39 is 17.6 Å². The van der Waals surface area contributed by atoms with E-state index in [0.29, 0.717) is 12.7 Å². The van der Waals surface area contributed by atoms with Gasteiger partial charge in [0.25, 0.3) is 5.91 Å². The molecule has 1 fully saturated rings. The molecule has 2 heterocycles. The standard InChI is InChI=1S/C12H14F3N3O/c13-12(14,15)8-3-4-10(17-6-8)11(19)18-9-2-1-5-16-7-9/h3-4,6,9,16H,1-2,5,7H2,(H,18,19). The minimum atomic E-state index is -4.44. The van der Waals surface area contributed by atoms with Crippen molar-refractivity contribution < 1.29 is 18.0 Å². The van der Waals surface area contributed by atoms with Crippen LogP contribution in [0.1, 0.15) is 28.9 Å². The number of nitrogens with one attached hydrogen (secondary N) is 2. The summed E-state index contributed by atoms with van der Waals surface area (Å²) in [5, 5.41) is 5.88. The second kappa shape index (κ2) is 5.56. The van der Waals surface area contributed by atoms with Gasteiger partial charge in [-0.25, -0.2) is 0 Å². The number of carbonyl (C=O) groups is 1. The summed E-state index contributed by atoms with van der Waals surface area (Å²) in [5.74, 6) is -0.442. The van der Waals surface area contributed by atoms with Crippen LogP contribution in [0.2, 0.25) is 0 Å². The lowest BCUT2D eigenvalue weighted by Gasteiger charge is -2.23. The van der Waals surface area contributed by atoms with E-state index in [1.165, 1.54) is 0 Å². The van der Waals surface area contributed by atoms with Gasteiger partial charge in [0.05, 0.1) is 5.56 Å². The summed E-state index contributed by atoms with van der Waals surface area (Å²) in [4.78, 5) is 15.3. The predicted molar refractivity (Wildman–Crippen MR) is 62.6 cm³/mol. The first-order chi connectivity index (χ1) is 8.97. The van der Waals surface area contributed by atoms with Crippen LogP contribution in [-0.2, 0) is 6.18 Å². The van der Waals surface area contributed by atoms with Crippen LogP contribution in [0, 0.1) is 0 Å². The molecule has 19 heavy (non-hydrogen) atoms. The second-order valence-electron chi connectivity index (χ2n) is 4.45. The third kappa shape index (κ3) is 3.66. The molecule has 0 aromatic carbocycles. The number of aromatic nitrogens is 1. The molecule has 1 aromatic rings. The van der Waals surface area contributed by atoms with E-state index in [0.717, 1.165) is 31.5 Å². The first-order valence-electron chi connectivity index (χ1n) is 6.01. The van der Waals surface area contributed by atoms with Crippen molar-refractivity contribution in [3.63, 3.8) is 0 Å². The smallest absolute Gasteiger partial charge is 0.347 e. The van der Waals surface area contributed by atoms with Crippen molar-refractivity contribution in [3.8, 4) is 0 Å². The van der Waals surface area contributed by atoms with E-state index in [1.54, 1.807) is 0 Å². The van der Waals surface area contributed by atoms with Crippen molar-refractivity contribution in [1.82, 2.24) is 15.6 Å². The summed E-state index contributed by atoms with van der Waals surface area (Å²) in [7, 11) is 0. The summed E-state index contributed by atoms with van der Waals surface area (Å²) in [5.41, 5.74) is -0.859. The lowest BCUT2D eigenvalue weighted by Crippen LogP contribution is -2.45. The average molecular weight is 273 g/mol. The molecule has 7 heteroatoms. The predicted octanol–water partition coefficient (Wildman–Crippen LogP) is 1.58. The number of alkyl halides is 3. The molecule has 0 radical (unpaired) electrons. The Morgan fingerprint density at radius 2 is 2.21 bits per heavy atom. The highest BCUT2D eigenvalue weighted by molar-refractivity contribution is 5.92. The minimum Gasteiger partial charge on any atom is -0.347 e. The lowest BCUT2D eigenvalue weighted by molar-refractivity contribution is -0.137. The molecule has 2 N–H and O–H groups in total. The monoisotopic (exact) mass is 273 g/mol. The summed E-state index contributed by atoms with van der Waals surface area (Å²) < 4.78 is 37.0. The number of rotatable bonds is 2. The SMILES string of the molecule is O=C(NC1CCCNC1)c1ccc(C(F)(F)F)cn1. The van der Waals surface area contributed by atoms with Crippen molar-refractivity contribution >= 4 is 5.91 Å². The number of nitrogens with zero attached hydrogens (tertiary/aromatic N) is 1. The van der Waals surface area contributed by atoms with Gasteiger partial charge in [-0.3, -0.25) is 9.78 Å². The van der Waals surface area contributed by atoms with Gasteiger partial charge in [0.2, 0.25) is 0 Å². The number of amides is 1. The number of hydrogen-bond acceptors (Lipinski definition) is 3. The van der Waals surface area contributed by atoms with Gasteiger partial charge in [0, 0.05) is 18.8 Å².